The van der Waals surface area contributed by atoms with Gasteiger partial charge in [0.05, 0.1) is 12.2 Å². The van der Waals surface area contributed by atoms with Crippen LogP contribution in [0.1, 0.15) is 17.3 Å². The van der Waals surface area contributed by atoms with E-state index in [4.69, 9.17) is 0 Å². The highest BCUT2D eigenvalue weighted by atomic mass is 16.1. The van der Waals surface area contributed by atoms with Crippen LogP contribution in [0.4, 0.5) is 5.69 Å². The Bertz CT molecular complexity index is 412. The average Bonchev–Trinajstić information content (AvgIpc) is 2.34. The van der Waals surface area contributed by atoms with Crippen LogP contribution in [0.5, 0.6) is 0 Å². The molecular formula is C13H20N4O. The van der Waals surface area contributed by atoms with Crippen LogP contribution in [0.3, 0.4) is 0 Å². The van der Waals surface area contributed by atoms with E-state index in [1.807, 2.05) is 21.1 Å². The highest BCUT2D eigenvalue weighted by Crippen LogP contribution is 2.14. The van der Waals surface area contributed by atoms with E-state index in [0.717, 1.165) is 18.8 Å². The summed E-state index contributed by atoms with van der Waals surface area (Å²) < 4.78 is 0. The Morgan fingerprint density at radius 1 is 1.11 bits per heavy atom. The minimum Gasteiger partial charge on any atom is -0.308 e. The molecule has 0 aliphatic rings. The van der Waals surface area contributed by atoms with E-state index in [-0.39, 0.29) is 5.78 Å². The van der Waals surface area contributed by atoms with Gasteiger partial charge in [0.2, 0.25) is 0 Å². The zero-order valence-corrected chi connectivity index (χ0v) is 11.4. The van der Waals surface area contributed by atoms with Crippen molar-refractivity contribution in [1.82, 2.24) is 9.91 Å². The lowest BCUT2D eigenvalue weighted by Crippen LogP contribution is -2.24. The Kier molecular flexibility index (Phi) is 5.45. The van der Waals surface area contributed by atoms with Crippen molar-refractivity contribution in [3.05, 3.63) is 29.8 Å². The second-order valence-corrected chi connectivity index (χ2v) is 4.48. The van der Waals surface area contributed by atoms with Crippen molar-refractivity contribution in [3.63, 3.8) is 0 Å². The second kappa shape index (κ2) is 6.86. The van der Waals surface area contributed by atoms with Crippen LogP contribution in [0.15, 0.2) is 34.6 Å². The molecule has 0 unspecified atom stereocenters. The number of benzene rings is 1. The van der Waals surface area contributed by atoms with Crippen LogP contribution in [-0.2, 0) is 0 Å². The van der Waals surface area contributed by atoms with Gasteiger partial charge in [0.25, 0.3) is 0 Å². The molecule has 0 saturated heterocycles. The maximum absolute atomic E-state index is 11.1. The van der Waals surface area contributed by atoms with Crippen LogP contribution in [0.2, 0.25) is 0 Å². The molecular weight excluding hydrogens is 228 g/mol. The van der Waals surface area contributed by atoms with Crippen molar-refractivity contribution in [2.24, 2.45) is 10.3 Å². The molecule has 0 heterocycles. The van der Waals surface area contributed by atoms with Crippen LogP contribution in [0.25, 0.3) is 0 Å². The van der Waals surface area contributed by atoms with Crippen LogP contribution >= 0.6 is 0 Å². The lowest BCUT2D eigenvalue weighted by atomic mass is 10.1. The number of ketones is 1. The number of Topliss-reactive ketones (excluding diaryl/α,β-unsaturated/α-hetero) is 1. The Morgan fingerprint density at radius 2 is 1.72 bits per heavy atom. The Morgan fingerprint density at radius 3 is 2.22 bits per heavy atom. The van der Waals surface area contributed by atoms with Gasteiger partial charge in [-0.05, 0) is 45.3 Å². The van der Waals surface area contributed by atoms with Gasteiger partial charge < -0.3 is 4.90 Å². The fourth-order valence-electron chi connectivity index (χ4n) is 1.28. The first-order valence-corrected chi connectivity index (χ1v) is 5.87. The molecule has 0 atom stereocenters. The lowest BCUT2D eigenvalue weighted by Gasteiger charge is -2.14. The summed E-state index contributed by atoms with van der Waals surface area (Å²) in [5, 5.41) is 9.98. The van der Waals surface area contributed by atoms with E-state index >= 15 is 0 Å². The third-order valence-corrected chi connectivity index (χ3v) is 2.46. The molecule has 0 aliphatic heterocycles. The predicted molar refractivity (Wildman–Crippen MR) is 72.1 cm³/mol. The summed E-state index contributed by atoms with van der Waals surface area (Å²) in [6, 6.07) is 7.10. The van der Waals surface area contributed by atoms with Crippen molar-refractivity contribution in [2.45, 2.75) is 6.92 Å². The lowest BCUT2D eigenvalue weighted by molar-refractivity contribution is 0.101. The first kappa shape index (κ1) is 14.3. The minimum absolute atomic E-state index is 0.0570. The zero-order valence-electron chi connectivity index (χ0n) is 11.4. The van der Waals surface area contributed by atoms with Gasteiger partial charge in [-0.15, -0.1) is 5.11 Å². The van der Waals surface area contributed by atoms with Gasteiger partial charge in [0.1, 0.15) is 0 Å². The predicted octanol–water partition coefficient (Wildman–Crippen LogP) is 2.38. The molecule has 5 heteroatoms. The van der Waals surface area contributed by atoms with Gasteiger partial charge in [-0.2, -0.15) is 0 Å². The quantitative estimate of drug-likeness (QED) is 0.441. The van der Waals surface area contributed by atoms with E-state index in [1.165, 1.54) is 0 Å². The molecule has 18 heavy (non-hydrogen) atoms. The van der Waals surface area contributed by atoms with E-state index < -0.39 is 0 Å². The molecule has 0 aromatic heterocycles. The zero-order chi connectivity index (χ0) is 13.5. The fourth-order valence-corrected chi connectivity index (χ4v) is 1.28. The summed E-state index contributed by atoms with van der Waals surface area (Å²) in [6.45, 7) is 3.30. The number of hydrogen-bond donors (Lipinski definition) is 0. The SMILES string of the molecule is CC(=O)c1ccc(N=NN(C)CCN(C)C)cc1. The molecule has 1 aromatic carbocycles. The molecule has 0 fully saturated rings. The molecule has 5 nitrogen and oxygen atoms in total. The van der Waals surface area contributed by atoms with E-state index in [1.54, 1.807) is 36.2 Å². The smallest absolute Gasteiger partial charge is 0.159 e. The largest absolute Gasteiger partial charge is 0.308 e. The molecule has 0 amide bonds. The van der Waals surface area contributed by atoms with E-state index in [0.29, 0.717) is 5.56 Å². The van der Waals surface area contributed by atoms with Crippen molar-refractivity contribution >= 4 is 11.5 Å². The van der Waals surface area contributed by atoms with Crippen molar-refractivity contribution < 1.29 is 4.79 Å². The molecule has 0 spiro atoms. The highest BCUT2D eigenvalue weighted by molar-refractivity contribution is 5.94. The van der Waals surface area contributed by atoms with Gasteiger partial charge in [0, 0.05) is 19.2 Å². The highest BCUT2D eigenvalue weighted by Gasteiger charge is 1.99. The summed E-state index contributed by atoms with van der Waals surface area (Å²) in [5.41, 5.74) is 1.44. The Labute approximate surface area is 108 Å². The third-order valence-electron chi connectivity index (χ3n) is 2.46. The Balaban J connectivity index is 2.53. The van der Waals surface area contributed by atoms with Gasteiger partial charge in [-0.1, -0.05) is 5.22 Å². The monoisotopic (exact) mass is 248 g/mol. The number of nitrogens with zero attached hydrogens (tertiary/aromatic N) is 4. The summed E-state index contributed by atoms with van der Waals surface area (Å²) in [4.78, 5) is 13.2. The molecule has 0 saturated carbocycles. The summed E-state index contributed by atoms with van der Waals surface area (Å²) in [7, 11) is 5.92. The van der Waals surface area contributed by atoms with Crippen molar-refractivity contribution in [3.8, 4) is 0 Å². The molecule has 0 N–H and O–H groups in total. The summed E-state index contributed by atoms with van der Waals surface area (Å²) >= 11 is 0. The summed E-state index contributed by atoms with van der Waals surface area (Å²) in [6.07, 6.45) is 0. The first-order chi connectivity index (χ1) is 8.49. The minimum atomic E-state index is 0.0570. The standard InChI is InChI=1S/C13H20N4O/c1-11(18)12-5-7-13(8-6-12)14-15-17(4)10-9-16(2)3/h5-8H,9-10H2,1-4H3. The topological polar surface area (TPSA) is 48.3 Å². The van der Waals surface area contributed by atoms with Crippen LogP contribution in [-0.4, -0.2) is 49.9 Å². The molecule has 1 rings (SSSR count). The van der Waals surface area contributed by atoms with Gasteiger partial charge in [0.15, 0.2) is 5.78 Å². The maximum atomic E-state index is 11.1. The average molecular weight is 248 g/mol. The number of likely N-dealkylation sites (N-methyl/N-ethyl adjacent to an activating group) is 2. The number of rotatable bonds is 6. The van der Waals surface area contributed by atoms with Gasteiger partial charge >= 0.3 is 0 Å². The Hall–Kier alpha value is -1.75. The second-order valence-electron chi connectivity index (χ2n) is 4.48. The van der Waals surface area contributed by atoms with E-state index in [9.17, 15) is 4.79 Å². The number of carbonyl (C=O) groups excluding carboxylic acids is 1. The van der Waals surface area contributed by atoms with E-state index in [2.05, 4.69) is 15.2 Å². The normalized spacial score (nSPS) is 11.2. The molecule has 0 aliphatic carbocycles. The van der Waals surface area contributed by atoms with Crippen molar-refractivity contribution in [1.29, 1.82) is 0 Å². The van der Waals surface area contributed by atoms with Gasteiger partial charge in [-0.3, -0.25) is 9.80 Å². The first-order valence-electron chi connectivity index (χ1n) is 5.87. The maximum Gasteiger partial charge on any atom is 0.159 e. The molecule has 98 valence electrons. The third kappa shape index (κ3) is 5.05. The molecule has 0 bridgehead atoms. The van der Waals surface area contributed by atoms with Gasteiger partial charge in [-0.25, -0.2) is 0 Å². The van der Waals surface area contributed by atoms with Crippen LogP contribution in [0, 0.1) is 0 Å². The molecule has 1 aromatic rings. The number of carbonyl (C=O) groups is 1. The molecule has 0 radical (unpaired) electrons. The van der Waals surface area contributed by atoms with Crippen LogP contribution < -0.4 is 0 Å². The fraction of sp³-hybridized carbons (Fsp3) is 0.462. The summed E-state index contributed by atoms with van der Waals surface area (Å²) in [5.74, 6) is 0.0570. The number of hydrogen-bond acceptors (Lipinski definition) is 4. The van der Waals surface area contributed by atoms with Crippen molar-refractivity contribution in [2.75, 3.05) is 34.2 Å².